The van der Waals surface area contributed by atoms with Crippen LogP contribution in [0.25, 0.3) is 6.08 Å². The Kier molecular flexibility index (Phi) is 7.23. The van der Waals surface area contributed by atoms with Crippen molar-refractivity contribution in [3.8, 4) is 5.75 Å². The van der Waals surface area contributed by atoms with E-state index in [9.17, 15) is 8.42 Å². The molecule has 146 valence electrons. The van der Waals surface area contributed by atoms with Crippen LogP contribution in [-0.2, 0) is 10.2 Å². The second-order valence-corrected chi connectivity index (χ2v) is 9.23. The van der Waals surface area contributed by atoms with E-state index in [1.165, 1.54) is 4.31 Å². The van der Waals surface area contributed by atoms with Crippen molar-refractivity contribution in [3.63, 3.8) is 0 Å². The van der Waals surface area contributed by atoms with Crippen LogP contribution in [0.15, 0.2) is 30.3 Å². The Morgan fingerprint density at radius 3 is 2.46 bits per heavy atom. The standard InChI is InChI=1S/C19H31N3O3S/c1-15(2)18-13-22(14-19(18)20-26(23,24)21(3)4)12-6-7-16-8-10-17(25-5)11-9-16/h6-11,15,18-20H,12-14H2,1-5H3/b7-6+/t18-,19+/m0/s1. The van der Waals surface area contributed by atoms with E-state index in [1.807, 2.05) is 24.3 Å². The summed E-state index contributed by atoms with van der Waals surface area (Å²) in [4.78, 5) is 2.30. The van der Waals surface area contributed by atoms with Crippen LogP contribution in [-0.4, -0.2) is 64.5 Å². The number of likely N-dealkylation sites (tertiary alicyclic amines) is 1. The van der Waals surface area contributed by atoms with Gasteiger partial charge in [-0.05, 0) is 29.5 Å². The zero-order valence-electron chi connectivity index (χ0n) is 16.3. The summed E-state index contributed by atoms with van der Waals surface area (Å²) in [5.41, 5.74) is 1.12. The van der Waals surface area contributed by atoms with E-state index in [4.69, 9.17) is 4.74 Å². The normalized spacial score (nSPS) is 22.0. The molecule has 1 aliphatic rings. The van der Waals surface area contributed by atoms with Crippen LogP contribution in [0.3, 0.4) is 0 Å². The molecule has 0 amide bonds. The summed E-state index contributed by atoms with van der Waals surface area (Å²) in [6.45, 7) is 6.72. The Morgan fingerprint density at radius 1 is 1.27 bits per heavy atom. The summed E-state index contributed by atoms with van der Waals surface area (Å²) in [5, 5.41) is 0. The summed E-state index contributed by atoms with van der Waals surface area (Å²) < 4.78 is 33.6. The second-order valence-electron chi connectivity index (χ2n) is 7.31. The summed E-state index contributed by atoms with van der Waals surface area (Å²) in [7, 11) is 1.35. The number of hydrogen-bond acceptors (Lipinski definition) is 4. The fraction of sp³-hybridized carbons (Fsp3) is 0.579. The topological polar surface area (TPSA) is 61.9 Å². The molecule has 1 fully saturated rings. The molecule has 26 heavy (non-hydrogen) atoms. The van der Waals surface area contributed by atoms with Crippen molar-refractivity contribution in [1.29, 1.82) is 0 Å². The Hall–Kier alpha value is -1.41. The van der Waals surface area contributed by atoms with E-state index < -0.39 is 10.2 Å². The Labute approximate surface area is 158 Å². The first kappa shape index (κ1) is 20.9. The van der Waals surface area contributed by atoms with Crippen LogP contribution in [0, 0.1) is 11.8 Å². The van der Waals surface area contributed by atoms with Crippen molar-refractivity contribution in [1.82, 2.24) is 13.9 Å². The Morgan fingerprint density at radius 2 is 1.92 bits per heavy atom. The van der Waals surface area contributed by atoms with Gasteiger partial charge in [-0.2, -0.15) is 17.4 Å². The number of ether oxygens (including phenoxy) is 1. The zero-order chi connectivity index (χ0) is 19.3. The predicted octanol–water partition coefficient (Wildman–Crippen LogP) is 2.06. The van der Waals surface area contributed by atoms with Crippen LogP contribution in [0.5, 0.6) is 5.75 Å². The maximum atomic E-state index is 12.2. The molecule has 1 saturated heterocycles. The quantitative estimate of drug-likeness (QED) is 0.749. The lowest BCUT2D eigenvalue weighted by Gasteiger charge is -2.24. The van der Waals surface area contributed by atoms with Crippen LogP contribution < -0.4 is 9.46 Å². The van der Waals surface area contributed by atoms with Gasteiger partial charge in [-0.1, -0.05) is 38.1 Å². The van der Waals surface area contributed by atoms with Gasteiger partial charge >= 0.3 is 0 Å². The molecule has 0 radical (unpaired) electrons. The molecule has 6 nitrogen and oxygen atoms in total. The van der Waals surface area contributed by atoms with Crippen molar-refractivity contribution >= 4 is 16.3 Å². The lowest BCUT2D eigenvalue weighted by atomic mass is 9.92. The van der Waals surface area contributed by atoms with Gasteiger partial charge in [-0.3, -0.25) is 4.90 Å². The first-order valence-corrected chi connectivity index (χ1v) is 10.4. The average molecular weight is 382 g/mol. The van der Waals surface area contributed by atoms with Crippen molar-refractivity contribution in [3.05, 3.63) is 35.9 Å². The highest BCUT2D eigenvalue weighted by Crippen LogP contribution is 2.25. The molecule has 1 N–H and O–H groups in total. The van der Waals surface area contributed by atoms with Crippen molar-refractivity contribution in [2.75, 3.05) is 40.8 Å². The Bertz CT molecular complexity index is 699. The molecule has 0 aromatic heterocycles. The largest absolute Gasteiger partial charge is 0.497 e. The molecule has 1 heterocycles. The maximum absolute atomic E-state index is 12.2. The molecule has 0 aliphatic carbocycles. The molecule has 0 saturated carbocycles. The number of hydrogen-bond donors (Lipinski definition) is 1. The van der Waals surface area contributed by atoms with Crippen LogP contribution in [0.1, 0.15) is 19.4 Å². The van der Waals surface area contributed by atoms with Gasteiger partial charge in [0.1, 0.15) is 5.75 Å². The van der Waals surface area contributed by atoms with Crippen LogP contribution in [0.4, 0.5) is 0 Å². The number of rotatable bonds is 8. The monoisotopic (exact) mass is 381 g/mol. The molecule has 7 heteroatoms. The van der Waals surface area contributed by atoms with E-state index in [0.717, 1.165) is 30.9 Å². The van der Waals surface area contributed by atoms with E-state index in [2.05, 4.69) is 35.6 Å². The van der Waals surface area contributed by atoms with Crippen molar-refractivity contribution < 1.29 is 13.2 Å². The number of nitrogens with one attached hydrogen (secondary N) is 1. The van der Waals surface area contributed by atoms with E-state index in [-0.39, 0.29) is 6.04 Å². The fourth-order valence-corrected chi connectivity index (χ4v) is 4.05. The number of benzene rings is 1. The molecular weight excluding hydrogens is 350 g/mol. The molecule has 0 bridgehead atoms. The molecular formula is C19H31N3O3S. The maximum Gasteiger partial charge on any atom is 0.279 e. The minimum Gasteiger partial charge on any atom is -0.497 e. The molecule has 2 atom stereocenters. The highest BCUT2D eigenvalue weighted by molar-refractivity contribution is 7.87. The zero-order valence-corrected chi connectivity index (χ0v) is 17.2. The van der Waals surface area contributed by atoms with E-state index >= 15 is 0 Å². The Balaban J connectivity index is 1.97. The fourth-order valence-electron chi connectivity index (χ4n) is 3.21. The second kappa shape index (κ2) is 8.99. The third kappa shape index (κ3) is 5.54. The molecule has 1 aromatic carbocycles. The highest BCUT2D eigenvalue weighted by Gasteiger charge is 2.36. The molecule has 0 unspecified atom stereocenters. The van der Waals surface area contributed by atoms with Crippen LogP contribution >= 0.6 is 0 Å². The third-order valence-electron chi connectivity index (χ3n) is 4.87. The molecule has 2 rings (SSSR count). The van der Waals surface area contributed by atoms with Gasteiger partial charge in [0, 0.05) is 39.8 Å². The first-order chi connectivity index (χ1) is 12.2. The minimum absolute atomic E-state index is 0.0585. The van der Waals surface area contributed by atoms with E-state index in [1.54, 1.807) is 21.2 Å². The van der Waals surface area contributed by atoms with Gasteiger partial charge in [0.05, 0.1) is 7.11 Å². The number of methoxy groups -OCH3 is 1. The summed E-state index contributed by atoms with van der Waals surface area (Å²) in [6, 6.07) is 7.86. The third-order valence-corrected chi connectivity index (χ3v) is 6.43. The minimum atomic E-state index is -3.41. The summed E-state index contributed by atoms with van der Waals surface area (Å²) in [5.74, 6) is 1.57. The summed E-state index contributed by atoms with van der Waals surface area (Å²) in [6.07, 6.45) is 4.21. The van der Waals surface area contributed by atoms with E-state index in [0.29, 0.717) is 11.8 Å². The lowest BCUT2D eigenvalue weighted by Crippen LogP contribution is -2.46. The van der Waals surface area contributed by atoms with Gasteiger partial charge in [-0.25, -0.2) is 0 Å². The van der Waals surface area contributed by atoms with Crippen molar-refractivity contribution in [2.45, 2.75) is 19.9 Å². The molecule has 1 aromatic rings. The van der Waals surface area contributed by atoms with Crippen LogP contribution in [0.2, 0.25) is 0 Å². The van der Waals surface area contributed by atoms with Gasteiger partial charge in [0.15, 0.2) is 0 Å². The predicted molar refractivity (Wildman–Crippen MR) is 106 cm³/mol. The van der Waals surface area contributed by atoms with Gasteiger partial charge in [-0.15, -0.1) is 0 Å². The first-order valence-electron chi connectivity index (χ1n) is 8.95. The average Bonchev–Trinajstić information content (AvgIpc) is 2.97. The molecule has 0 spiro atoms. The lowest BCUT2D eigenvalue weighted by molar-refractivity contribution is 0.323. The molecule has 1 aliphatic heterocycles. The van der Waals surface area contributed by atoms with Gasteiger partial charge in [0.2, 0.25) is 0 Å². The summed E-state index contributed by atoms with van der Waals surface area (Å²) >= 11 is 0. The SMILES string of the molecule is COc1ccc(/C=C/CN2C[C@@H](NS(=O)(=O)N(C)C)[C@H](C(C)C)C2)cc1. The number of nitrogens with zero attached hydrogens (tertiary/aromatic N) is 2. The van der Waals surface area contributed by atoms with Gasteiger partial charge in [0.25, 0.3) is 10.2 Å². The smallest absolute Gasteiger partial charge is 0.279 e. The van der Waals surface area contributed by atoms with Gasteiger partial charge < -0.3 is 4.74 Å². The van der Waals surface area contributed by atoms with Crippen molar-refractivity contribution in [2.24, 2.45) is 11.8 Å². The highest BCUT2D eigenvalue weighted by atomic mass is 32.2.